The van der Waals surface area contributed by atoms with Gasteiger partial charge in [0.15, 0.2) is 0 Å². The number of hydrogen-bond acceptors (Lipinski definition) is 3. The third kappa shape index (κ3) is 2.87. The molecule has 5 rings (SSSR count). The number of ether oxygens (including phenoxy) is 1. The zero-order chi connectivity index (χ0) is 25.1. The predicted octanol–water partition coefficient (Wildman–Crippen LogP) is 6.62. The van der Waals surface area contributed by atoms with E-state index in [4.69, 9.17) is 4.74 Å². The Labute approximate surface area is 209 Å². The van der Waals surface area contributed by atoms with Gasteiger partial charge in [0.25, 0.3) is 0 Å². The molecule has 0 bridgehead atoms. The highest BCUT2D eigenvalue weighted by atomic mass is 16.5. The van der Waals surface area contributed by atoms with E-state index in [-0.39, 0.29) is 45.4 Å². The normalized spacial score (nSPS) is 58.6. The molecule has 12 atom stereocenters. The molecule has 0 spiro atoms. The van der Waals surface area contributed by atoms with Crippen molar-refractivity contribution in [2.45, 2.75) is 119 Å². The monoisotopic (exact) mass is 472 g/mol. The summed E-state index contributed by atoms with van der Waals surface area (Å²) in [6, 6.07) is 0. The maximum Gasteiger partial charge on any atom is 0.0793 e. The quantitative estimate of drug-likeness (QED) is 0.422. The van der Waals surface area contributed by atoms with Crippen molar-refractivity contribution in [1.29, 1.82) is 0 Å². The molecule has 4 saturated carbocycles. The third-order valence-corrected chi connectivity index (χ3v) is 13.7. The molecular formula is C31H52O3. The minimum atomic E-state index is -0.249. The van der Waals surface area contributed by atoms with Crippen LogP contribution in [0.2, 0.25) is 0 Å². The van der Waals surface area contributed by atoms with Gasteiger partial charge >= 0.3 is 0 Å². The van der Waals surface area contributed by atoms with Crippen molar-refractivity contribution in [2.24, 2.45) is 56.7 Å². The van der Waals surface area contributed by atoms with Crippen molar-refractivity contribution in [1.82, 2.24) is 0 Å². The first-order valence-electron chi connectivity index (χ1n) is 14.3. The van der Waals surface area contributed by atoms with Crippen LogP contribution in [0.4, 0.5) is 0 Å². The minimum Gasteiger partial charge on any atom is -0.393 e. The number of allylic oxidation sites excluding steroid dienone is 1. The second-order valence-corrected chi connectivity index (χ2v) is 15.1. The van der Waals surface area contributed by atoms with Crippen LogP contribution in [0, 0.1) is 56.7 Å². The molecule has 4 fully saturated rings. The molecule has 0 radical (unpaired) electrons. The number of methoxy groups -OCH3 is 1. The topological polar surface area (TPSA) is 49.7 Å². The molecule has 0 aromatic carbocycles. The first-order valence-corrected chi connectivity index (χ1v) is 14.3. The SMILES string of the molecule is CO[C@@H]1C=C2[C@@H]3[C@@H](C)[C@H](C)CC[C@]3(C)[C@@H](O)C[C@@]2(C)[C@]2(C)CC[C@H]3C(C)(C)[C@@H](O)CC[C@]3(C)[C@@H]12. The lowest BCUT2D eigenvalue weighted by atomic mass is 9.32. The number of hydrogen-bond donors (Lipinski definition) is 2. The smallest absolute Gasteiger partial charge is 0.0793 e. The largest absolute Gasteiger partial charge is 0.393 e. The van der Waals surface area contributed by atoms with Crippen LogP contribution in [-0.2, 0) is 4.74 Å². The van der Waals surface area contributed by atoms with E-state index in [1.54, 1.807) is 5.57 Å². The standard InChI is InChI=1S/C31H52O3/c1-18-10-13-29(6)24(33)17-31(8)20(25(29)19(18)2)16-21(34-9)26-28(5)14-12-23(32)27(3,4)22(28)11-15-30(26,31)7/h16,18-19,21-26,32-33H,10-15,17H2,1-9H3/t18-,19+,21-,22+,23+,24+,25+,26-,28+,29-,30-,31-/m1/s1. The molecule has 3 nitrogen and oxygen atoms in total. The van der Waals surface area contributed by atoms with Crippen LogP contribution in [-0.4, -0.2) is 35.6 Å². The average Bonchev–Trinajstić information content (AvgIpc) is 2.75. The average molecular weight is 473 g/mol. The maximum absolute atomic E-state index is 11.8. The van der Waals surface area contributed by atoms with Crippen LogP contribution in [0.3, 0.4) is 0 Å². The molecule has 0 aromatic rings. The molecule has 34 heavy (non-hydrogen) atoms. The predicted molar refractivity (Wildman–Crippen MR) is 138 cm³/mol. The van der Waals surface area contributed by atoms with Crippen LogP contribution < -0.4 is 0 Å². The van der Waals surface area contributed by atoms with Crippen LogP contribution in [0.15, 0.2) is 11.6 Å². The summed E-state index contributed by atoms with van der Waals surface area (Å²) in [5.74, 6) is 2.58. The molecule has 0 heterocycles. The number of fused-ring (bicyclic) bond motifs is 7. The highest BCUT2D eigenvalue weighted by Gasteiger charge is 2.71. The summed E-state index contributed by atoms with van der Waals surface area (Å²) in [5, 5.41) is 22.8. The lowest BCUT2D eigenvalue weighted by Gasteiger charge is -2.73. The summed E-state index contributed by atoms with van der Waals surface area (Å²) in [4.78, 5) is 0. The molecule has 0 aromatic heterocycles. The molecule has 2 N–H and O–H groups in total. The Balaban J connectivity index is 1.69. The van der Waals surface area contributed by atoms with Crippen LogP contribution in [0.1, 0.15) is 100 Å². The van der Waals surface area contributed by atoms with Crippen molar-refractivity contribution in [3.63, 3.8) is 0 Å². The summed E-state index contributed by atoms with van der Waals surface area (Å²) in [5.41, 5.74) is 1.69. The minimum absolute atomic E-state index is 0.0181. The van der Waals surface area contributed by atoms with Crippen molar-refractivity contribution < 1.29 is 14.9 Å². The van der Waals surface area contributed by atoms with E-state index < -0.39 is 0 Å². The lowest BCUT2D eigenvalue weighted by molar-refractivity contribution is -0.237. The van der Waals surface area contributed by atoms with E-state index >= 15 is 0 Å². The second-order valence-electron chi connectivity index (χ2n) is 15.1. The molecule has 0 saturated heterocycles. The third-order valence-electron chi connectivity index (χ3n) is 13.7. The summed E-state index contributed by atoms with van der Waals surface area (Å²) in [7, 11) is 1.92. The Morgan fingerprint density at radius 2 is 1.50 bits per heavy atom. The van der Waals surface area contributed by atoms with E-state index in [9.17, 15) is 10.2 Å². The van der Waals surface area contributed by atoms with Crippen LogP contribution in [0.25, 0.3) is 0 Å². The molecule has 5 aliphatic carbocycles. The Morgan fingerprint density at radius 1 is 0.853 bits per heavy atom. The van der Waals surface area contributed by atoms with Gasteiger partial charge in [-0.2, -0.15) is 0 Å². The molecule has 194 valence electrons. The highest BCUT2D eigenvalue weighted by molar-refractivity contribution is 5.37. The summed E-state index contributed by atoms with van der Waals surface area (Å²) < 4.78 is 6.43. The molecular weight excluding hydrogens is 420 g/mol. The summed E-state index contributed by atoms with van der Waals surface area (Å²) >= 11 is 0. The first-order chi connectivity index (χ1) is 15.7. The van der Waals surface area contributed by atoms with Gasteiger partial charge in [0.2, 0.25) is 0 Å². The Hall–Kier alpha value is -0.380. The summed E-state index contributed by atoms with van der Waals surface area (Å²) in [6.07, 6.45) is 9.71. The van der Waals surface area contributed by atoms with E-state index in [0.29, 0.717) is 29.6 Å². The van der Waals surface area contributed by atoms with Gasteiger partial charge in [-0.1, -0.05) is 67.0 Å². The van der Waals surface area contributed by atoms with Gasteiger partial charge in [-0.3, -0.25) is 0 Å². The van der Waals surface area contributed by atoms with E-state index in [1.165, 1.54) is 6.42 Å². The van der Waals surface area contributed by atoms with Gasteiger partial charge in [-0.05, 0) is 90.3 Å². The Bertz CT molecular complexity index is 863. The second kappa shape index (κ2) is 7.57. The van der Waals surface area contributed by atoms with Crippen LogP contribution in [0.5, 0.6) is 0 Å². The molecule has 0 unspecified atom stereocenters. The van der Waals surface area contributed by atoms with Gasteiger partial charge in [0.1, 0.15) is 0 Å². The van der Waals surface area contributed by atoms with Gasteiger partial charge in [-0.15, -0.1) is 0 Å². The van der Waals surface area contributed by atoms with Crippen molar-refractivity contribution in [2.75, 3.05) is 7.11 Å². The number of aliphatic hydroxyl groups excluding tert-OH is 2. The van der Waals surface area contributed by atoms with Crippen LogP contribution >= 0.6 is 0 Å². The van der Waals surface area contributed by atoms with Crippen molar-refractivity contribution in [3.8, 4) is 0 Å². The lowest BCUT2D eigenvalue weighted by Crippen LogP contribution is -2.69. The van der Waals surface area contributed by atoms with Crippen molar-refractivity contribution in [3.05, 3.63) is 11.6 Å². The van der Waals surface area contributed by atoms with Gasteiger partial charge in [-0.25, -0.2) is 0 Å². The summed E-state index contributed by atoms with van der Waals surface area (Å²) in [6.45, 7) is 19.5. The van der Waals surface area contributed by atoms with E-state index in [1.807, 2.05) is 7.11 Å². The van der Waals surface area contributed by atoms with Gasteiger partial charge < -0.3 is 14.9 Å². The highest BCUT2D eigenvalue weighted by Crippen LogP contribution is 2.75. The fraction of sp³-hybridized carbons (Fsp3) is 0.935. The molecule has 0 amide bonds. The fourth-order valence-electron chi connectivity index (χ4n) is 11.1. The van der Waals surface area contributed by atoms with Gasteiger partial charge in [0.05, 0.1) is 18.3 Å². The van der Waals surface area contributed by atoms with Gasteiger partial charge in [0, 0.05) is 18.4 Å². The zero-order valence-electron chi connectivity index (χ0n) is 23.4. The number of rotatable bonds is 1. The molecule has 3 heteroatoms. The Morgan fingerprint density at radius 3 is 2.15 bits per heavy atom. The van der Waals surface area contributed by atoms with E-state index in [2.05, 4.69) is 61.5 Å². The van der Waals surface area contributed by atoms with E-state index in [0.717, 1.165) is 38.5 Å². The molecule has 5 aliphatic rings. The number of aliphatic hydroxyl groups is 2. The fourth-order valence-corrected chi connectivity index (χ4v) is 11.1. The zero-order valence-corrected chi connectivity index (χ0v) is 23.4. The first kappa shape index (κ1) is 25.3. The molecule has 0 aliphatic heterocycles. The Kier molecular flexibility index (Phi) is 5.63. The maximum atomic E-state index is 11.8. The van der Waals surface area contributed by atoms with Crippen molar-refractivity contribution >= 4 is 0 Å².